The lowest BCUT2D eigenvalue weighted by Crippen LogP contribution is -2.34. The minimum atomic E-state index is 0.204. The highest BCUT2D eigenvalue weighted by atomic mass is 16.5. The van der Waals surface area contributed by atoms with Crippen molar-refractivity contribution in [3.05, 3.63) is 11.7 Å². The van der Waals surface area contributed by atoms with Gasteiger partial charge in [-0.3, -0.25) is 4.90 Å². The van der Waals surface area contributed by atoms with Gasteiger partial charge < -0.3 is 9.63 Å². The zero-order valence-electron chi connectivity index (χ0n) is 9.89. The van der Waals surface area contributed by atoms with E-state index in [1.54, 1.807) is 0 Å². The summed E-state index contributed by atoms with van der Waals surface area (Å²) >= 11 is 0. The van der Waals surface area contributed by atoms with Gasteiger partial charge in [0.25, 0.3) is 0 Å². The van der Waals surface area contributed by atoms with Crippen LogP contribution in [0.1, 0.15) is 32.0 Å². The molecule has 2 heterocycles. The van der Waals surface area contributed by atoms with Gasteiger partial charge in [0.05, 0.1) is 13.2 Å². The average Bonchev–Trinajstić information content (AvgIpc) is 2.86. The number of hydrogen-bond acceptors (Lipinski definition) is 5. The summed E-state index contributed by atoms with van der Waals surface area (Å²) < 4.78 is 5.16. The van der Waals surface area contributed by atoms with E-state index in [2.05, 4.69) is 22.0 Å². The van der Waals surface area contributed by atoms with Gasteiger partial charge in [-0.15, -0.1) is 0 Å². The largest absolute Gasteiger partial charge is 0.395 e. The minimum absolute atomic E-state index is 0.204. The molecule has 0 spiro atoms. The van der Waals surface area contributed by atoms with Crippen LogP contribution >= 0.6 is 0 Å². The molecule has 16 heavy (non-hydrogen) atoms. The summed E-state index contributed by atoms with van der Waals surface area (Å²) in [5, 5.41) is 13.2. The number of rotatable bonds is 4. The zero-order valence-corrected chi connectivity index (χ0v) is 9.89. The smallest absolute Gasteiger partial charge is 0.240 e. The summed E-state index contributed by atoms with van der Waals surface area (Å²) in [6.07, 6.45) is 1.92. The van der Waals surface area contributed by atoms with Crippen LogP contribution in [-0.4, -0.2) is 39.3 Å². The molecule has 2 atom stereocenters. The molecule has 2 unspecified atom stereocenters. The fraction of sp³-hybridized carbons (Fsp3) is 0.818. The molecule has 0 amide bonds. The van der Waals surface area contributed by atoms with E-state index in [0.717, 1.165) is 25.2 Å². The van der Waals surface area contributed by atoms with Crippen LogP contribution < -0.4 is 0 Å². The third-order valence-electron chi connectivity index (χ3n) is 3.35. The Kier molecular flexibility index (Phi) is 3.56. The Balaban J connectivity index is 1.98. The molecule has 1 aliphatic rings. The minimum Gasteiger partial charge on any atom is -0.395 e. The molecule has 2 rings (SSSR count). The molecule has 0 aromatic carbocycles. The second-order valence-corrected chi connectivity index (χ2v) is 4.44. The number of likely N-dealkylation sites (tertiary alicyclic amines) is 1. The first-order valence-electron chi connectivity index (χ1n) is 5.91. The van der Waals surface area contributed by atoms with Gasteiger partial charge in [0.1, 0.15) is 0 Å². The molecule has 5 heteroatoms. The van der Waals surface area contributed by atoms with Crippen LogP contribution in [0.2, 0.25) is 0 Å². The van der Waals surface area contributed by atoms with Crippen molar-refractivity contribution >= 4 is 0 Å². The predicted molar refractivity (Wildman–Crippen MR) is 58.7 cm³/mol. The molecule has 1 fully saturated rings. The fourth-order valence-electron chi connectivity index (χ4n) is 2.25. The van der Waals surface area contributed by atoms with Crippen molar-refractivity contribution in [3.8, 4) is 0 Å². The van der Waals surface area contributed by atoms with Crippen LogP contribution in [0, 0.1) is 5.92 Å². The van der Waals surface area contributed by atoms with E-state index < -0.39 is 0 Å². The van der Waals surface area contributed by atoms with E-state index in [1.807, 2.05) is 6.92 Å². The molecule has 1 aromatic heterocycles. The maximum absolute atomic E-state index is 9.33. The SMILES string of the molecule is CCc1noc(CN2CCC(C)C2CO)n1. The van der Waals surface area contributed by atoms with Gasteiger partial charge in [0.15, 0.2) is 5.82 Å². The maximum atomic E-state index is 9.33. The van der Waals surface area contributed by atoms with Gasteiger partial charge in [0, 0.05) is 12.5 Å². The summed E-state index contributed by atoms with van der Waals surface area (Å²) in [5.41, 5.74) is 0. The Morgan fingerprint density at radius 3 is 3.00 bits per heavy atom. The third-order valence-corrected chi connectivity index (χ3v) is 3.35. The molecular formula is C11H19N3O2. The lowest BCUT2D eigenvalue weighted by molar-refractivity contribution is 0.123. The van der Waals surface area contributed by atoms with Crippen molar-refractivity contribution in [2.45, 2.75) is 39.3 Å². The molecule has 90 valence electrons. The maximum Gasteiger partial charge on any atom is 0.240 e. The van der Waals surface area contributed by atoms with E-state index in [9.17, 15) is 5.11 Å². The van der Waals surface area contributed by atoms with Crippen molar-refractivity contribution in [3.63, 3.8) is 0 Å². The number of aliphatic hydroxyl groups is 1. The van der Waals surface area contributed by atoms with Gasteiger partial charge >= 0.3 is 0 Å². The number of aliphatic hydroxyl groups excluding tert-OH is 1. The van der Waals surface area contributed by atoms with Crippen molar-refractivity contribution in [2.75, 3.05) is 13.2 Å². The van der Waals surface area contributed by atoms with E-state index in [0.29, 0.717) is 18.4 Å². The van der Waals surface area contributed by atoms with Crippen LogP contribution in [0.15, 0.2) is 4.52 Å². The van der Waals surface area contributed by atoms with Gasteiger partial charge in [-0.1, -0.05) is 19.0 Å². The van der Waals surface area contributed by atoms with Crippen molar-refractivity contribution in [1.82, 2.24) is 15.0 Å². The zero-order chi connectivity index (χ0) is 11.5. The lowest BCUT2D eigenvalue weighted by Gasteiger charge is -2.23. The van der Waals surface area contributed by atoms with Crippen LogP contribution in [0.3, 0.4) is 0 Å². The molecule has 1 aromatic rings. The standard InChI is InChI=1S/C11H19N3O2/c1-3-10-12-11(16-13-10)6-14-5-4-8(2)9(14)7-15/h8-9,15H,3-7H2,1-2H3. The molecule has 1 aliphatic heterocycles. The van der Waals surface area contributed by atoms with Crippen LogP contribution in [0.25, 0.3) is 0 Å². The quantitative estimate of drug-likeness (QED) is 0.822. The molecule has 1 saturated heterocycles. The first kappa shape index (κ1) is 11.5. The highest BCUT2D eigenvalue weighted by Crippen LogP contribution is 2.24. The molecular weight excluding hydrogens is 206 g/mol. The number of aromatic nitrogens is 2. The van der Waals surface area contributed by atoms with Gasteiger partial charge in [0.2, 0.25) is 5.89 Å². The van der Waals surface area contributed by atoms with Crippen molar-refractivity contribution < 1.29 is 9.63 Å². The van der Waals surface area contributed by atoms with Gasteiger partial charge in [-0.25, -0.2) is 0 Å². The van der Waals surface area contributed by atoms with Crippen LogP contribution in [0.4, 0.5) is 0 Å². The summed E-state index contributed by atoms with van der Waals surface area (Å²) in [5.74, 6) is 1.95. The van der Waals surface area contributed by atoms with E-state index in [4.69, 9.17) is 4.52 Å². The van der Waals surface area contributed by atoms with Crippen molar-refractivity contribution in [1.29, 1.82) is 0 Å². The first-order valence-corrected chi connectivity index (χ1v) is 5.91. The summed E-state index contributed by atoms with van der Waals surface area (Å²) in [6.45, 7) is 6.03. The highest BCUT2D eigenvalue weighted by molar-refractivity contribution is 4.90. The normalized spacial score (nSPS) is 26.4. The second kappa shape index (κ2) is 4.93. The highest BCUT2D eigenvalue weighted by Gasteiger charge is 2.31. The van der Waals surface area contributed by atoms with Crippen LogP contribution in [0.5, 0.6) is 0 Å². The van der Waals surface area contributed by atoms with Crippen molar-refractivity contribution in [2.24, 2.45) is 5.92 Å². The third kappa shape index (κ3) is 2.25. The van der Waals surface area contributed by atoms with E-state index in [1.165, 1.54) is 0 Å². The Hall–Kier alpha value is -0.940. The second-order valence-electron chi connectivity index (χ2n) is 4.44. The number of hydrogen-bond donors (Lipinski definition) is 1. The fourth-order valence-corrected chi connectivity index (χ4v) is 2.25. The Bertz CT molecular complexity index is 340. The molecule has 0 radical (unpaired) electrons. The van der Waals surface area contributed by atoms with Gasteiger partial charge in [-0.2, -0.15) is 4.98 Å². The average molecular weight is 225 g/mol. The summed E-state index contributed by atoms with van der Waals surface area (Å²) in [7, 11) is 0. The van der Waals surface area contributed by atoms with Gasteiger partial charge in [-0.05, 0) is 18.9 Å². The first-order chi connectivity index (χ1) is 7.74. The molecule has 0 bridgehead atoms. The van der Waals surface area contributed by atoms with E-state index >= 15 is 0 Å². The molecule has 1 N–H and O–H groups in total. The topological polar surface area (TPSA) is 62.4 Å². The Morgan fingerprint density at radius 1 is 1.56 bits per heavy atom. The molecule has 0 aliphatic carbocycles. The summed E-state index contributed by atoms with van der Waals surface area (Å²) in [4.78, 5) is 6.50. The Morgan fingerprint density at radius 2 is 2.38 bits per heavy atom. The van der Waals surface area contributed by atoms with E-state index in [-0.39, 0.29) is 12.6 Å². The van der Waals surface area contributed by atoms with Crippen LogP contribution in [-0.2, 0) is 13.0 Å². The Labute approximate surface area is 95.4 Å². The monoisotopic (exact) mass is 225 g/mol. The predicted octanol–water partition coefficient (Wildman–Crippen LogP) is 0.835. The molecule has 0 saturated carbocycles. The number of aryl methyl sites for hydroxylation is 1. The lowest BCUT2D eigenvalue weighted by atomic mass is 10.0. The molecule has 5 nitrogen and oxygen atoms in total. The number of nitrogens with zero attached hydrogens (tertiary/aromatic N) is 3. The summed E-state index contributed by atoms with van der Waals surface area (Å²) in [6, 6.07) is 0.233.